The maximum Gasteiger partial charge on any atom is 0.330 e. The number of rotatable bonds is 6. The van der Waals surface area contributed by atoms with Crippen LogP contribution in [-0.4, -0.2) is 44.8 Å². The SMILES string of the molecule is CCOC1CC(NC(=O)c2snnc2CC)(C(=O)O)C1(C)C. The molecule has 2 rings (SSSR count). The van der Waals surface area contributed by atoms with Crippen LogP contribution in [0.5, 0.6) is 0 Å². The molecule has 122 valence electrons. The van der Waals surface area contributed by atoms with Crippen molar-refractivity contribution in [2.45, 2.75) is 52.2 Å². The Labute approximate surface area is 133 Å². The number of hydrogen-bond acceptors (Lipinski definition) is 6. The zero-order valence-corrected chi connectivity index (χ0v) is 14.0. The van der Waals surface area contributed by atoms with Gasteiger partial charge < -0.3 is 15.2 Å². The number of aryl methyl sites for hydroxylation is 1. The first-order valence-corrected chi connectivity index (χ1v) is 8.06. The van der Waals surface area contributed by atoms with Crippen molar-refractivity contribution in [3.05, 3.63) is 10.6 Å². The molecule has 2 N–H and O–H groups in total. The molecule has 1 aliphatic rings. The number of carbonyl (C=O) groups is 2. The molecule has 2 unspecified atom stereocenters. The van der Waals surface area contributed by atoms with Gasteiger partial charge in [-0.2, -0.15) is 0 Å². The van der Waals surface area contributed by atoms with E-state index in [4.69, 9.17) is 4.74 Å². The van der Waals surface area contributed by atoms with Crippen LogP contribution in [0.2, 0.25) is 0 Å². The fraction of sp³-hybridized carbons (Fsp3) is 0.714. The molecule has 0 bridgehead atoms. The fourth-order valence-electron chi connectivity index (χ4n) is 2.90. The van der Waals surface area contributed by atoms with Crippen LogP contribution in [0.15, 0.2) is 0 Å². The fourth-order valence-corrected chi connectivity index (χ4v) is 3.55. The summed E-state index contributed by atoms with van der Waals surface area (Å²) in [7, 11) is 0. The predicted molar refractivity (Wildman–Crippen MR) is 80.9 cm³/mol. The number of aromatic nitrogens is 2. The van der Waals surface area contributed by atoms with Gasteiger partial charge in [0.2, 0.25) is 0 Å². The van der Waals surface area contributed by atoms with E-state index < -0.39 is 22.8 Å². The largest absolute Gasteiger partial charge is 0.479 e. The number of carboxylic acids is 1. The van der Waals surface area contributed by atoms with Gasteiger partial charge in [0.05, 0.1) is 11.8 Å². The second kappa shape index (κ2) is 5.92. The van der Waals surface area contributed by atoms with Crippen molar-refractivity contribution in [1.82, 2.24) is 14.9 Å². The summed E-state index contributed by atoms with van der Waals surface area (Å²) in [6.07, 6.45) is 0.631. The number of aliphatic carboxylic acids is 1. The van der Waals surface area contributed by atoms with Crippen molar-refractivity contribution in [3.8, 4) is 0 Å². The second-order valence-corrected chi connectivity index (χ2v) is 6.69. The van der Waals surface area contributed by atoms with Crippen LogP contribution in [0.4, 0.5) is 0 Å². The lowest BCUT2D eigenvalue weighted by Crippen LogP contribution is -2.76. The summed E-state index contributed by atoms with van der Waals surface area (Å²) in [5, 5.41) is 16.3. The Morgan fingerprint density at radius 2 is 2.14 bits per heavy atom. The average molecular weight is 327 g/mol. The third-order valence-corrected chi connectivity index (χ3v) is 5.32. The molecule has 1 aromatic rings. The van der Waals surface area contributed by atoms with Gasteiger partial charge in [0.25, 0.3) is 5.91 Å². The van der Waals surface area contributed by atoms with Gasteiger partial charge in [0.1, 0.15) is 10.4 Å². The molecule has 0 saturated heterocycles. The molecule has 0 aliphatic heterocycles. The minimum absolute atomic E-state index is 0.195. The third kappa shape index (κ3) is 2.40. The Morgan fingerprint density at radius 1 is 1.45 bits per heavy atom. The highest BCUT2D eigenvalue weighted by Gasteiger charge is 2.66. The van der Waals surface area contributed by atoms with Crippen molar-refractivity contribution in [1.29, 1.82) is 0 Å². The zero-order valence-electron chi connectivity index (χ0n) is 13.2. The minimum Gasteiger partial charge on any atom is -0.479 e. The molecule has 22 heavy (non-hydrogen) atoms. The van der Waals surface area contributed by atoms with Crippen LogP contribution in [-0.2, 0) is 16.0 Å². The topological polar surface area (TPSA) is 101 Å². The number of nitrogens with zero attached hydrogens (tertiary/aromatic N) is 2. The van der Waals surface area contributed by atoms with Gasteiger partial charge in [-0.25, -0.2) is 4.79 Å². The zero-order chi connectivity index (χ0) is 16.5. The molecular weight excluding hydrogens is 306 g/mol. The molecule has 0 aromatic carbocycles. The molecule has 2 atom stereocenters. The number of hydrogen-bond donors (Lipinski definition) is 2. The van der Waals surface area contributed by atoms with Crippen molar-refractivity contribution in [2.75, 3.05) is 6.61 Å². The van der Waals surface area contributed by atoms with Crippen LogP contribution < -0.4 is 5.32 Å². The predicted octanol–water partition coefficient (Wildman–Crippen LogP) is 1.49. The van der Waals surface area contributed by atoms with Crippen LogP contribution in [0.3, 0.4) is 0 Å². The third-order valence-electron chi connectivity index (χ3n) is 4.55. The van der Waals surface area contributed by atoms with Crippen LogP contribution in [0.1, 0.15) is 49.5 Å². The number of carboxylic acid groups (broad SMARTS) is 1. The van der Waals surface area contributed by atoms with E-state index >= 15 is 0 Å². The van der Waals surface area contributed by atoms with E-state index in [2.05, 4.69) is 14.9 Å². The Hall–Kier alpha value is -1.54. The Bertz CT molecular complexity index is 586. The monoisotopic (exact) mass is 327 g/mol. The van der Waals surface area contributed by atoms with Gasteiger partial charge in [-0.15, -0.1) is 5.10 Å². The minimum atomic E-state index is -1.33. The van der Waals surface area contributed by atoms with Gasteiger partial charge in [0, 0.05) is 18.4 Å². The quantitative estimate of drug-likeness (QED) is 0.821. The van der Waals surface area contributed by atoms with Crippen molar-refractivity contribution >= 4 is 23.4 Å². The van der Waals surface area contributed by atoms with Crippen molar-refractivity contribution in [3.63, 3.8) is 0 Å². The first kappa shape index (κ1) is 16.8. The Morgan fingerprint density at radius 3 is 2.64 bits per heavy atom. The highest BCUT2D eigenvalue weighted by atomic mass is 32.1. The van der Waals surface area contributed by atoms with Gasteiger partial charge in [-0.05, 0) is 24.9 Å². The van der Waals surface area contributed by atoms with Crippen LogP contribution in [0, 0.1) is 5.41 Å². The van der Waals surface area contributed by atoms with Crippen LogP contribution >= 0.6 is 11.5 Å². The number of amides is 1. The van der Waals surface area contributed by atoms with E-state index in [1.165, 1.54) is 0 Å². The molecule has 1 aromatic heterocycles. The molecular formula is C14H21N3O4S. The van der Waals surface area contributed by atoms with Crippen molar-refractivity contribution in [2.24, 2.45) is 5.41 Å². The molecule has 1 aliphatic carbocycles. The smallest absolute Gasteiger partial charge is 0.330 e. The summed E-state index contributed by atoms with van der Waals surface area (Å²) in [6.45, 7) is 7.86. The first-order chi connectivity index (χ1) is 10.3. The molecule has 0 spiro atoms. The molecule has 7 nitrogen and oxygen atoms in total. The summed E-state index contributed by atoms with van der Waals surface area (Å²) in [4.78, 5) is 24.7. The summed E-state index contributed by atoms with van der Waals surface area (Å²) < 4.78 is 9.35. The standard InChI is InChI=1S/C14H21N3O4S/c1-5-8-10(22-17-16-8)11(18)15-14(12(19)20)7-9(21-6-2)13(14,3)4/h9H,5-7H2,1-4H3,(H,15,18)(H,19,20). The number of carbonyl (C=O) groups excluding carboxylic acids is 1. The Balaban J connectivity index is 2.24. The molecule has 0 radical (unpaired) electrons. The lowest BCUT2D eigenvalue weighted by molar-refractivity contribution is -0.190. The van der Waals surface area contributed by atoms with Gasteiger partial charge in [-0.3, -0.25) is 4.79 Å². The van der Waals surface area contributed by atoms with E-state index in [-0.39, 0.29) is 12.5 Å². The summed E-state index contributed by atoms with van der Waals surface area (Å²) >= 11 is 0.983. The maximum absolute atomic E-state index is 12.5. The van der Waals surface area contributed by atoms with E-state index in [1.54, 1.807) is 13.8 Å². The molecule has 1 heterocycles. The lowest BCUT2D eigenvalue weighted by Gasteiger charge is -2.58. The molecule has 1 fully saturated rings. The second-order valence-electron chi connectivity index (χ2n) is 5.94. The summed E-state index contributed by atoms with van der Waals surface area (Å²) in [5.74, 6) is -1.48. The van der Waals surface area contributed by atoms with E-state index in [0.29, 0.717) is 23.6 Å². The Kier molecular flexibility index (Phi) is 4.53. The number of nitrogens with one attached hydrogen (secondary N) is 1. The number of ether oxygens (including phenoxy) is 1. The molecule has 1 amide bonds. The summed E-state index contributed by atoms with van der Waals surface area (Å²) in [5.41, 5.74) is -1.45. The van der Waals surface area contributed by atoms with Crippen molar-refractivity contribution < 1.29 is 19.4 Å². The van der Waals surface area contributed by atoms with Gasteiger partial charge in [-0.1, -0.05) is 25.3 Å². The van der Waals surface area contributed by atoms with E-state index in [1.807, 2.05) is 13.8 Å². The lowest BCUT2D eigenvalue weighted by atomic mass is 9.54. The highest BCUT2D eigenvalue weighted by molar-refractivity contribution is 7.08. The van der Waals surface area contributed by atoms with Gasteiger partial charge in [0.15, 0.2) is 0 Å². The summed E-state index contributed by atoms with van der Waals surface area (Å²) in [6, 6.07) is 0. The normalized spacial score (nSPS) is 26.3. The maximum atomic E-state index is 12.5. The first-order valence-electron chi connectivity index (χ1n) is 7.28. The van der Waals surface area contributed by atoms with Gasteiger partial charge >= 0.3 is 5.97 Å². The molecule has 1 saturated carbocycles. The van der Waals surface area contributed by atoms with E-state index in [9.17, 15) is 14.7 Å². The van der Waals surface area contributed by atoms with Crippen LogP contribution in [0.25, 0.3) is 0 Å². The molecule has 8 heteroatoms. The van der Waals surface area contributed by atoms with E-state index in [0.717, 1.165) is 11.5 Å². The average Bonchev–Trinajstić information content (AvgIpc) is 2.93. The highest BCUT2D eigenvalue weighted by Crippen LogP contribution is 2.51.